The maximum Gasteiger partial charge on any atom is 0.241 e. The van der Waals surface area contributed by atoms with E-state index in [0.29, 0.717) is 30.5 Å². The molecule has 1 amide bonds. The van der Waals surface area contributed by atoms with Crippen molar-refractivity contribution in [2.24, 2.45) is 0 Å². The molecule has 0 saturated carbocycles. The molecule has 1 aliphatic heterocycles. The lowest BCUT2D eigenvalue weighted by atomic mass is 10.0. The third-order valence-electron chi connectivity index (χ3n) is 4.80. The van der Waals surface area contributed by atoms with Gasteiger partial charge in [-0.2, -0.15) is 0 Å². The largest absolute Gasteiger partial charge is 0.354 e. The Bertz CT molecular complexity index is 924. The molecule has 0 spiro atoms. The molecule has 2 aromatic rings. The molecule has 0 aromatic heterocycles. The second-order valence-electron chi connectivity index (χ2n) is 6.79. The monoisotopic (exact) mass is 468 g/mol. The quantitative estimate of drug-likeness (QED) is 0.707. The normalized spacial score (nSPS) is 17.8. The fraction of sp³-hybridized carbons (Fsp3) is 0.350. The van der Waals surface area contributed by atoms with Crippen molar-refractivity contribution in [3.8, 4) is 0 Å². The highest BCUT2D eigenvalue weighted by atomic mass is 79.9. The van der Waals surface area contributed by atoms with Gasteiger partial charge in [-0.25, -0.2) is 12.8 Å². The van der Waals surface area contributed by atoms with Crippen LogP contribution in [0.3, 0.4) is 0 Å². The van der Waals surface area contributed by atoms with Gasteiger partial charge >= 0.3 is 0 Å². The van der Waals surface area contributed by atoms with E-state index in [-0.39, 0.29) is 23.2 Å². The van der Waals surface area contributed by atoms with Crippen LogP contribution in [-0.4, -0.2) is 50.4 Å². The summed E-state index contributed by atoms with van der Waals surface area (Å²) in [6.45, 7) is 1.08. The molecule has 8 heteroatoms. The van der Waals surface area contributed by atoms with Crippen LogP contribution in [-0.2, 0) is 21.1 Å². The third-order valence-corrected chi connectivity index (χ3v) is 7.02. The van der Waals surface area contributed by atoms with Gasteiger partial charge in [0.1, 0.15) is 11.9 Å². The van der Waals surface area contributed by atoms with Gasteiger partial charge in [-0.15, -0.1) is 0 Å². The van der Waals surface area contributed by atoms with Crippen LogP contribution >= 0.6 is 15.9 Å². The van der Waals surface area contributed by atoms with Crippen molar-refractivity contribution < 1.29 is 17.6 Å². The minimum atomic E-state index is -3.03. The van der Waals surface area contributed by atoms with Crippen LogP contribution in [0.4, 0.5) is 4.39 Å². The number of nitrogens with zero attached hydrogens (tertiary/aromatic N) is 1. The number of carbonyl (C=O) groups excluding carboxylic acids is 1. The summed E-state index contributed by atoms with van der Waals surface area (Å²) in [5.74, 6) is -0.357. The van der Waals surface area contributed by atoms with E-state index in [2.05, 4.69) is 21.2 Å². The fourth-order valence-electron chi connectivity index (χ4n) is 3.27. The first-order valence-electron chi connectivity index (χ1n) is 9.07. The van der Waals surface area contributed by atoms with E-state index in [1.807, 2.05) is 35.2 Å². The third kappa shape index (κ3) is 5.40. The number of benzene rings is 2. The maximum absolute atomic E-state index is 13.3. The maximum atomic E-state index is 13.3. The van der Waals surface area contributed by atoms with Gasteiger partial charge in [0.25, 0.3) is 0 Å². The summed E-state index contributed by atoms with van der Waals surface area (Å²) in [7, 11) is -3.03. The molecule has 2 aromatic carbocycles. The smallest absolute Gasteiger partial charge is 0.241 e. The van der Waals surface area contributed by atoms with Crippen LogP contribution in [0.2, 0.25) is 0 Å². The minimum Gasteiger partial charge on any atom is -0.354 e. The van der Waals surface area contributed by atoms with Crippen molar-refractivity contribution in [3.05, 3.63) is 69.9 Å². The van der Waals surface area contributed by atoms with Gasteiger partial charge in [0.05, 0.1) is 16.0 Å². The Balaban J connectivity index is 1.67. The van der Waals surface area contributed by atoms with Crippen molar-refractivity contribution in [1.29, 1.82) is 0 Å². The number of halogens is 2. The topological polar surface area (TPSA) is 66.5 Å². The molecule has 1 heterocycles. The molecule has 0 aliphatic carbocycles. The lowest BCUT2D eigenvalue weighted by molar-refractivity contribution is -0.126. The summed E-state index contributed by atoms with van der Waals surface area (Å²) in [5, 5.41) is 2.94. The van der Waals surface area contributed by atoms with Crippen molar-refractivity contribution in [2.45, 2.75) is 12.5 Å². The molecule has 1 aliphatic rings. The lowest BCUT2D eigenvalue weighted by Crippen LogP contribution is -2.47. The first-order chi connectivity index (χ1) is 13.4. The number of hydrogen-bond donors (Lipinski definition) is 1. The number of carbonyl (C=O) groups is 1. The average molecular weight is 469 g/mol. The van der Waals surface area contributed by atoms with Crippen LogP contribution in [0.1, 0.15) is 17.2 Å². The second kappa shape index (κ2) is 9.15. The van der Waals surface area contributed by atoms with E-state index >= 15 is 0 Å². The van der Waals surface area contributed by atoms with Crippen LogP contribution in [0.15, 0.2) is 53.0 Å². The van der Waals surface area contributed by atoms with Gasteiger partial charge in [-0.1, -0.05) is 36.4 Å². The molecule has 1 unspecified atom stereocenters. The lowest BCUT2D eigenvalue weighted by Gasteiger charge is -2.33. The number of sulfone groups is 1. The van der Waals surface area contributed by atoms with Crippen LogP contribution in [0.25, 0.3) is 0 Å². The Kier molecular flexibility index (Phi) is 6.85. The van der Waals surface area contributed by atoms with E-state index in [1.165, 1.54) is 6.07 Å². The van der Waals surface area contributed by atoms with Gasteiger partial charge in [0.15, 0.2) is 9.84 Å². The Morgan fingerprint density at radius 3 is 2.46 bits per heavy atom. The van der Waals surface area contributed by atoms with Gasteiger partial charge in [0, 0.05) is 19.6 Å². The van der Waals surface area contributed by atoms with Crippen LogP contribution in [0, 0.1) is 5.82 Å². The molecule has 1 N–H and O–H groups in total. The molecule has 3 rings (SSSR count). The van der Waals surface area contributed by atoms with Crippen LogP contribution in [0.5, 0.6) is 0 Å². The second-order valence-corrected chi connectivity index (χ2v) is 9.95. The van der Waals surface area contributed by atoms with Crippen molar-refractivity contribution in [2.75, 3.05) is 31.1 Å². The molecule has 1 saturated heterocycles. The van der Waals surface area contributed by atoms with E-state index in [0.717, 1.165) is 11.1 Å². The summed E-state index contributed by atoms with van der Waals surface area (Å²) >= 11 is 3.16. The number of hydrogen-bond acceptors (Lipinski definition) is 4. The highest BCUT2D eigenvalue weighted by molar-refractivity contribution is 9.10. The minimum absolute atomic E-state index is 0.0627. The van der Waals surface area contributed by atoms with E-state index < -0.39 is 15.9 Å². The van der Waals surface area contributed by atoms with Crippen molar-refractivity contribution in [1.82, 2.24) is 10.2 Å². The van der Waals surface area contributed by atoms with Gasteiger partial charge < -0.3 is 5.32 Å². The predicted molar refractivity (Wildman–Crippen MR) is 110 cm³/mol. The fourth-order valence-corrected chi connectivity index (χ4v) is 4.93. The molecule has 150 valence electrons. The Hall–Kier alpha value is -1.77. The van der Waals surface area contributed by atoms with Gasteiger partial charge in [-0.05, 0) is 45.6 Å². The summed E-state index contributed by atoms with van der Waals surface area (Å²) in [4.78, 5) is 14.9. The molecular weight excluding hydrogens is 447 g/mol. The highest BCUT2D eigenvalue weighted by Gasteiger charge is 2.32. The summed E-state index contributed by atoms with van der Waals surface area (Å²) in [5.41, 5.74) is 1.75. The molecule has 28 heavy (non-hydrogen) atoms. The molecule has 5 nitrogen and oxygen atoms in total. The standard InChI is InChI=1S/C20H22BrFN2O3S/c21-17-14-15(6-7-18(17)22)8-9-23-20(25)19(16-4-2-1-3-5-16)24-10-12-28(26,27)13-11-24/h1-7,14,19H,8-13H2,(H,23,25). The SMILES string of the molecule is O=C(NCCc1ccc(F)c(Br)c1)C(c1ccccc1)N1CCS(=O)(=O)CC1. The van der Waals surface area contributed by atoms with Crippen molar-refractivity contribution >= 4 is 31.7 Å². The number of rotatable bonds is 6. The van der Waals surface area contributed by atoms with Crippen molar-refractivity contribution in [3.63, 3.8) is 0 Å². The summed E-state index contributed by atoms with van der Waals surface area (Å²) in [6, 6.07) is 13.6. The molecule has 0 bridgehead atoms. The zero-order valence-corrected chi connectivity index (χ0v) is 17.7. The first kappa shape index (κ1) is 21.0. The molecule has 1 atom stereocenters. The zero-order valence-electron chi connectivity index (χ0n) is 15.3. The highest BCUT2D eigenvalue weighted by Crippen LogP contribution is 2.23. The van der Waals surface area contributed by atoms with Crippen LogP contribution < -0.4 is 5.32 Å². The van der Waals surface area contributed by atoms with Gasteiger partial charge in [0.2, 0.25) is 5.91 Å². The van der Waals surface area contributed by atoms with E-state index in [1.54, 1.807) is 12.1 Å². The van der Waals surface area contributed by atoms with E-state index in [9.17, 15) is 17.6 Å². The van der Waals surface area contributed by atoms with E-state index in [4.69, 9.17) is 0 Å². The summed E-state index contributed by atoms with van der Waals surface area (Å²) < 4.78 is 37.2. The predicted octanol–water partition coefficient (Wildman–Crippen LogP) is 2.72. The number of nitrogens with one attached hydrogen (secondary N) is 1. The Morgan fingerprint density at radius 2 is 1.82 bits per heavy atom. The van der Waals surface area contributed by atoms with Gasteiger partial charge in [-0.3, -0.25) is 9.69 Å². The average Bonchev–Trinajstić information content (AvgIpc) is 2.67. The first-order valence-corrected chi connectivity index (χ1v) is 11.7. The Morgan fingerprint density at radius 1 is 1.14 bits per heavy atom. The zero-order chi connectivity index (χ0) is 20.1. The molecular formula is C20H22BrFN2O3S. The molecule has 1 fully saturated rings. The Labute approximate surface area is 173 Å². The number of amides is 1. The molecule has 0 radical (unpaired) electrons. The summed E-state index contributed by atoms with van der Waals surface area (Å²) in [6.07, 6.45) is 0.570.